The normalized spacial score (nSPS) is 14.8. The van der Waals surface area contributed by atoms with E-state index < -0.39 is 15.9 Å². The number of fused-ring (bicyclic) bond motifs is 1. The summed E-state index contributed by atoms with van der Waals surface area (Å²) in [4.78, 5) is 26.3. The number of unbranched alkanes of at least 4 members (excludes halogenated alkanes) is 2. The van der Waals surface area contributed by atoms with Gasteiger partial charge >= 0.3 is 0 Å². The number of rotatable bonds is 9. The molecule has 9 nitrogen and oxygen atoms in total. The van der Waals surface area contributed by atoms with Gasteiger partial charge in [-0.15, -0.1) is 0 Å². The Morgan fingerprint density at radius 3 is 2.46 bits per heavy atom. The molecule has 1 aliphatic rings. The number of hydrogen-bond acceptors (Lipinski definition) is 6. The molecule has 0 radical (unpaired) electrons. The lowest BCUT2D eigenvalue weighted by Crippen LogP contribution is -2.41. The summed E-state index contributed by atoms with van der Waals surface area (Å²) in [5, 5.41) is 8.09. The Hall–Kier alpha value is -3.08. The van der Waals surface area contributed by atoms with E-state index in [2.05, 4.69) is 17.3 Å². The van der Waals surface area contributed by atoms with Crippen molar-refractivity contribution in [3.05, 3.63) is 70.1 Å². The first kappa shape index (κ1) is 25.0. The lowest BCUT2D eigenvalue weighted by atomic mass is 10.1. The molecule has 1 N–H and O–H groups in total. The lowest BCUT2D eigenvalue weighted by Gasteiger charge is -2.27. The van der Waals surface area contributed by atoms with Crippen LogP contribution in [0.15, 0.2) is 58.2 Å². The van der Waals surface area contributed by atoms with Crippen molar-refractivity contribution in [3.63, 3.8) is 0 Å². The zero-order valence-corrected chi connectivity index (χ0v) is 20.6. The molecule has 1 fully saturated rings. The van der Waals surface area contributed by atoms with Crippen LogP contribution in [0.25, 0.3) is 10.8 Å². The summed E-state index contributed by atoms with van der Waals surface area (Å²) in [6.07, 6.45) is 2.74. The Bertz CT molecular complexity index is 1360. The van der Waals surface area contributed by atoms with Crippen molar-refractivity contribution < 1.29 is 17.9 Å². The molecule has 0 unspecified atom stereocenters. The number of amides is 1. The number of sulfonamides is 1. The van der Waals surface area contributed by atoms with Gasteiger partial charge in [-0.25, -0.2) is 13.1 Å². The van der Waals surface area contributed by atoms with Gasteiger partial charge in [-0.05, 0) is 24.1 Å². The van der Waals surface area contributed by atoms with Crippen molar-refractivity contribution in [2.45, 2.75) is 44.2 Å². The van der Waals surface area contributed by atoms with Gasteiger partial charge in [0.2, 0.25) is 10.0 Å². The third-order valence-corrected chi connectivity index (χ3v) is 8.06. The SMILES string of the molecule is CCCCCn1nc(C(=O)NCc2ccccc2S(=O)(=O)N2CCOCC2)c2ccccc2c1=O. The molecule has 2 heterocycles. The van der Waals surface area contributed by atoms with E-state index in [0.717, 1.165) is 19.3 Å². The van der Waals surface area contributed by atoms with Gasteiger partial charge in [0.25, 0.3) is 11.5 Å². The van der Waals surface area contributed by atoms with Crippen molar-refractivity contribution in [1.29, 1.82) is 0 Å². The van der Waals surface area contributed by atoms with Gasteiger partial charge in [-0.3, -0.25) is 9.59 Å². The van der Waals surface area contributed by atoms with Gasteiger partial charge in [-0.2, -0.15) is 9.40 Å². The van der Waals surface area contributed by atoms with Crippen LogP contribution in [0.4, 0.5) is 0 Å². The third-order valence-electron chi connectivity index (χ3n) is 6.06. The molecule has 0 spiro atoms. The van der Waals surface area contributed by atoms with Crippen LogP contribution in [0.5, 0.6) is 0 Å². The number of carbonyl (C=O) groups excluding carboxylic acids is 1. The average molecular weight is 499 g/mol. The second-order valence-electron chi connectivity index (χ2n) is 8.44. The number of aromatic nitrogens is 2. The van der Waals surface area contributed by atoms with Gasteiger partial charge in [0, 0.05) is 31.6 Å². The molecule has 10 heteroatoms. The second kappa shape index (κ2) is 11.1. The fraction of sp³-hybridized carbons (Fsp3) is 0.400. The van der Waals surface area contributed by atoms with E-state index in [-0.39, 0.29) is 22.7 Å². The van der Waals surface area contributed by atoms with Crippen LogP contribution in [0, 0.1) is 0 Å². The molecule has 0 atom stereocenters. The number of carbonyl (C=O) groups is 1. The van der Waals surface area contributed by atoms with Crippen LogP contribution >= 0.6 is 0 Å². The Kier molecular flexibility index (Phi) is 7.94. The second-order valence-corrected chi connectivity index (χ2v) is 10.3. The topological polar surface area (TPSA) is 111 Å². The van der Waals surface area contributed by atoms with Crippen molar-refractivity contribution in [2.75, 3.05) is 26.3 Å². The van der Waals surface area contributed by atoms with Crippen LogP contribution in [0.2, 0.25) is 0 Å². The average Bonchev–Trinajstić information content (AvgIpc) is 2.89. The first-order valence-electron chi connectivity index (χ1n) is 11.9. The number of ether oxygens (including phenoxy) is 1. The van der Waals surface area contributed by atoms with Gasteiger partial charge in [0.15, 0.2) is 5.69 Å². The molecule has 1 saturated heterocycles. The zero-order chi connectivity index (χ0) is 24.8. The highest BCUT2D eigenvalue weighted by atomic mass is 32.2. The standard InChI is InChI=1S/C25H30N4O5S/c1-2-3-8-13-29-25(31)21-11-6-5-10-20(21)23(27-29)24(30)26-18-19-9-4-7-12-22(19)35(32,33)28-14-16-34-17-15-28/h4-7,9-12H,2-3,8,13-18H2,1H3,(H,26,30). The summed E-state index contributed by atoms with van der Waals surface area (Å²) in [7, 11) is -3.72. The van der Waals surface area contributed by atoms with E-state index in [9.17, 15) is 18.0 Å². The Morgan fingerprint density at radius 1 is 1.03 bits per heavy atom. The number of aryl methyl sites for hydroxylation is 1. The number of nitrogens with zero attached hydrogens (tertiary/aromatic N) is 3. The highest BCUT2D eigenvalue weighted by Crippen LogP contribution is 2.21. The monoisotopic (exact) mass is 498 g/mol. The quantitative estimate of drug-likeness (QED) is 0.454. The Labute approximate surface area is 204 Å². The van der Waals surface area contributed by atoms with Crippen molar-refractivity contribution >= 4 is 26.7 Å². The summed E-state index contributed by atoms with van der Waals surface area (Å²) in [6, 6.07) is 13.5. The van der Waals surface area contributed by atoms with Gasteiger partial charge in [0.1, 0.15) is 0 Å². The molecule has 1 aromatic heterocycles. The smallest absolute Gasteiger partial charge is 0.274 e. The predicted octanol–water partition coefficient (Wildman–Crippen LogP) is 2.54. The fourth-order valence-electron chi connectivity index (χ4n) is 4.15. The molecule has 3 aromatic rings. The van der Waals surface area contributed by atoms with Crippen LogP contribution < -0.4 is 10.9 Å². The minimum atomic E-state index is -3.72. The summed E-state index contributed by atoms with van der Waals surface area (Å²) in [6.45, 7) is 3.79. The maximum atomic E-state index is 13.2. The number of morpholine rings is 1. The van der Waals surface area contributed by atoms with E-state index >= 15 is 0 Å². The lowest BCUT2D eigenvalue weighted by molar-refractivity contribution is 0.0730. The number of nitrogens with one attached hydrogen (secondary N) is 1. The van der Waals surface area contributed by atoms with Gasteiger partial charge in [-0.1, -0.05) is 56.2 Å². The van der Waals surface area contributed by atoms with Crippen LogP contribution in [-0.2, 0) is 27.8 Å². The molecule has 35 heavy (non-hydrogen) atoms. The highest BCUT2D eigenvalue weighted by Gasteiger charge is 2.28. The predicted molar refractivity (Wildman–Crippen MR) is 133 cm³/mol. The minimum absolute atomic E-state index is 0.00352. The van der Waals surface area contributed by atoms with Crippen LogP contribution in [0.1, 0.15) is 42.2 Å². The van der Waals surface area contributed by atoms with Crippen LogP contribution in [0.3, 0.4) is 0 Å². The van der Waals surface area contributed by atoms with Crippen molar-refractivity contribution in [1.82, 2.24) is 19.4 Å². The van der Waals surface area contributed by atoms with Gasteiger partial charge in [0.05, 0.1) is 23.5 Å². The molecule has 0 saturated carbocycles. The molecule has 0 aliphatic carbocycles. The van der Waals surface area contributed by atoms with E-state index in [1.165, 1.54) is 8.99 Å². The summed E-state index contributed by atoms with van der Waals surface area (Å²) >= 11 is 0. The molecule has 186 valence electrons. The third kappa shape index (κ3) is 5.44. The Morgan fingerprint density at radius 2 is 1.71 bits per heavy atom. The fourth-order valence-corrected chi connectivity index (χ4v) is 5.78. The van der Waals surface area contributed by atoms with E-state index in [4.69, 9.17) is 4.74 Å². The molecular formula is C25H30N4O5S. The zero-order valence-electron chi connectivity index (χ0n) is 19.8. The number of hydrogen-bond donors (Lipinski definition) is 1. The van der Waals surface area contributed by atoms with E-state index in [1.807, 2.05) is 0 Å². The van der Waals surface area contributed by atoms with E-state index in [0.29, 0.717) is 49.2 Å². The Balaban J connectivity index is 1.61. The van der Waals surface area contributed by atoms with E-state index in [1.54, 1.807) is 48.5 Å². The first-order chi connectivity index (χ1) is 16.9. The molecule has 1 amide bonds. The number of benzene rings is 2. The maximum absolute atomic E-state index is 13.2. The highest BCUT2D eigenvalue weighted by molar-refractivity contribution is 7.89. The first-order valence-corrected chi connectivity index (χ1v) is 13.3. The molecular weight excluding hydrogens is 468 g/mol. The summed E-state index contributed by atoms with van der Waals surface area (Å²) < 4.78 is 34.5. The molecule has 0 bridgehead atoms. The molecule has 1 aliphatic heterocycles. The molecule has 4 rings (SSSR count). The minimum Gasteiger partial charge on any atom is -0.379 e. The van der Waals surface area contributed by atoms with Gasteiger partial charge < -0.3 is 10.1 Å². The molecule has 2 aromatic carbocycles. The summed E-state index contributed by atoms with van der Waals surface area (Å²) in [5.74, 6) is -0.469. The van der Waals surface area contributed by atoms with Crippen molar-refractivity contribution in [2.24, 2.45) is 0 Å². The maximum Gasteiger partial charge on any atom is 0.274 e. The van der Waals surface area contributed by atoms with Crippen molar-refractivity contribution in [3.8, 4) is 0 Å². The van der Waals surface area contributed by atoms with Crippen LogP contribution in [-0.4, -0.2) is 54.7 Å². The largest absolute Gasteiger partial charge is 0.379 e. The summed E-state index contributed by atoms with van der Waals surface area (Å²) in [5.41, 5.74) is 0.397.